The molecule has 0 aliphatic rings. The fourth-order valence-electron chi connectivity index (χ4n) is 1.03. The van der Waals surface area contributed by atoms with Crippen LogP contribution in [0.1, 0.15) is 24.9 Å². The van der Waals surface area contributed by atoms with Crippen LogP contribution in [0.4, 0.5) is 0 Å². The summed E-state index contributed by atoms with van der Waals surface area (Å²) in [5.41, 5.74) is 6.63. The van der Waals surface area contributed by atoms with Crippen LogP contribution in [0.15, 0.2) is 12.1 Å². The van der Waals surface area contributed by atoms with E-state index in [4.69, 9.17) is 28.9 Å². The van der Waals surface area contributed by atoms with Gasteiger partial charge in [-0.3, -0.25) is 0 Å². The van der Waals surface area contributed by atoms with Crippen molar-refractivity contribution >= 4 is 23.2 Å². The van der Waals surface area contributed by atoms with E-state index >= 15 is 0 Å². The average Bonchev–Trinajstić information content (AvgIpc) is 2.12. The second-order valence-electron chi connectivity index (χ2n) is 2.85. The van der Waals surface area contributed by atoms with Gasteiger partial charge in [-0.25, -0.2) is 0 Å². The lowest BCUT2D eigenvalue weighted by molar-refractivity contribution is 0.475. The van der Waals surface area contributed by atoms with Crippen LogP contribution in [-0.2, 0) is 0 Å². The maximum Gasteiger partial charge on any atom is 0.152 e. The van der Waals surface area contributed by atoms with Crippen molar-refractivity contribution in [2.24, 2.45) is 5.73 Å². The number of nitrogens with two attached hydrogens (primary N) is 1. The van der Waals surface area contributed by atoms with Gasteiger partial charge in [0.25, 0.3) is 0 Å². The highest BCUT2D eigenvalue weighted by Gasteiger charge is 2.10. The quantitative estimate of drug-likeness (QED) is 0.804. The van der Waals surface area contributed by atoms with Gasteiger partial charge in [0.1, 0.15) is 0 Å². The zero-order chi connectivity index (χ0) is 10.0. The van der Waals surface area contributed by atoms with Crippen molar-refractivity contribution in [2.75, 3.05) is 0 Å². The zero-order valence-electron chi connectivity index (χ0n) is 7.22. The summed E-state index contributed by atoms with van der Waals surface area (Å²) in [6.07, 6.45) is 0.803. The number of hydrogen-bond acceptors (Lipinski definition) is 2. The van der Waals surface area contributed by atoms with E-state index in [0.717, 1.165) is 12.0 Å². The van der Waals surface area contributed by atoms with E-state index in [1.807, 2.05) is 6.92 Å². The van der Waals surface area contributed by atoms with E-state index in [2.05, 4.69) is 0 Å². The van der Waals surface area contributed by atoms with Crippen molar-refractivity contribution in [3.05, 3.63) is 27.7 Å². The van der Waals surface area contributed by atoms with Gasteiger partial charge in [0, 0.05) is 6.04 Å². The highest BCUT2D eigenvalue weighted by molar-refractivity contribution is 6.37. The standard InChI is InChI=1S/C9H11Cl2NO/c1-2-8(12)5-3-6(10)9(13)7(11)4-5/h3-4,8,13H,2,12H2,1H3/t8-/m1/s1. The maximum absolute atomic E-state index is 9.28. The van der Waals surface area contributed by atoms with Crippen LogP contribution >= 0.6 is 23.2 Å². The predicted octanol–water partition coefficient (Wildman–Crippen LogP) is 3.11. The lowest BCUT2D eigenvalue weighted by Crippen LogP contribution is -2.08. The third-order valence-electron chi connectivity index (χ3n) is 1.91. The number of phenols is 1. The molecule has 0 radical (unpaired) electrons. The van der Waals surface area contributed by atoms with Gasteiger partial charge in [-0.1, -0.05) is 30.1 Å². The molecule has 0 saturated heterocycles. The van der Waals surface area contributed by atoms with Gasteiger partial charge < -0.3 is 10.8 Å². The molecule has 3 N–H and O–H groups in total. The average molecular weight is 220 g/mol. The van der Waals surface area contributed by atoms with E-state index in [1.54, 1.807) is 12.1 Å². The Morgan fingerprint density at radius 1 is 1.38 bits per heavy atom. The minimum absolute atomic E-state index is 0.0874. The summed E-state index contributed by atoms with van der Waals surface area (Å²) in [7, 11) is 0. The summed E-state index contributed by atoms with van der Waals surface area (Å²) in [4.78, 5) is 0. The Balaban J connectivity index is 3.13. The summed E-state index contributed by atoms with van der Waals surface area (Å²) in [5, 5.41) is 9.76. The number of halogens is 2. The molecular formula is C9H11Cl2NO. The Morgan fingerprint density at radius 2 is 1.85 bits per heavy atom. The van der Waals surface area contributed by atoms with Crippen molar-refractivity contribution in [2.45, 2.75) is 19.4 Å². The molecule has 72 valence electrons. The largest absolute Gasteiger partial charge is 0.505 e. The second-order valence-corrected chi connectivity index (χ2v) is 3.66. The van der Waals surface area contributed by atoms with E-state index in [9.17, 15) is 5.11 Å². The first kappa shape index (κ1) is 10.6. The smallest absolute Gasteiger partial charge is 0.152 e. The molecule has 0 amide bonds. The topological polar surface area (TPSA) is 46.2 Å². The van der Waals surface area contributed by atoms with E-state index in [1.165, 1.54) is 0 Å². The molecule has 2 nitrogen and oxygen atoms in total. The molecule has 1 atom stereocenters. The lowest BCUT2D eigenvalue weighted by atomic mass is 10.1. The minimum Gasteiger partial charge on any atom is -0.505 e. The molecule has 0 aromatic heterocycles. The fourth-order valence-corrected chi connectivity index (χ4v) is 1.54. The third kappa shape index (κ3) is 2.27. The molecule has 0 unspecified atom stereocenters. The zero-order valence-corrected chi connectivity index (χ0v) is 8.73. The van der Waals surface area contributed by atoms with Gasteiger partial charge in [-0.05, 0) is 24.1 Å². The first-order valence-corrected chi connectivity index (χ1v) is 4.75. The summed E-state index contributed by atoms with van der Waals surface area (Å²) < 4.78 is 0. The Hall–Kier alpha value is -0.440. The van der Waals surface area contributed by atoms with Gasteiger partial charge in [-0.15, -0.1) is 0 Å². The molecule has 13 heavy (non-hydrogen) atoms. The fraction of sp³-hybridized carbons (Fsp3) is 0.333. The number of phenolic OH excluding ortho intramolecular Hbond substituents is 1. The van der Waals surface area contributed by atoms with Gasteiger partial charge in [0.15, 0.2) is 5.75 Å². The molecule has 0 bridgehead atoms. The number of benzene rings is 1. The molecular weight excluding hydrogens is 209 g/mol. The Labute approximate surface area is 87.3 Å². The second kappa shape index (κ2) is 4.18. The maximum atomic E-state index is 9.28. The van der Waals surface area contributed by atoms with Gasteiger partial charge >= 0.3 is 0 Å². The van der Waals surface area contributed by atoms with Crippen molar-refractivity contribution in [3.8, 4) is 5.75 Å². The Kier molecular flexibility index (Phi) is 3.42. The SMILES string of the molecule is CC[C@@H](N)c1cc(Cl)c(O)c(Cl)c1. The van der Waals surface area contributed by atoms with Crippen molar-refractivity contribution in [1.82, 2.24) is 0 Å². The molecule has 0 spiro atoms. The van der Waals surface area contributed by atoms with Gasteiger partial charge in [-0.2, -0.15) is 0 Å². The predicted molar refractivity (Wildman–Crippen MR) is 55.3 cm³/mol. The van der Waals surface area contributed by atoms with E-state index < -0.39 is 0 Å². The van der Waals surface area contributed by atoms with Crippen LogP contribution in [-0.4, -0.2) is 5.11 Å². The highest BCUT2D eigenvalue weighted by Crippen LogP contribution is 2.34. The van der Waals surface area contributed by atoms with Crippen LogP contribution in [0.25, 0.3) is 0 Å². The van der Waals surface area contributed by atoms with Crippen molar-refractivity contribution < 1.29 is 5.11 Å². The molecule has 4 heteroatoms. The summed E-state index contributed by atoms with van der Waals surface area (Å²) in [6.45, 7) is 1.97. The van der Waals surface area contributed by atoms with E-state index in [-0.39, 0.29) is 21.8 Å². The van der Waals surface area contributed by atoms with Crippen LogP contribution in [0, 0.1) is 0 Å². The minimum atomic E-state index is -0.0876. The molecule has 0 saturated carbocycles. The molecule has 0 fully saturated rings. The number of rotatable bonds is 2. The van der Waals surface area contributed by atoms with E-state index in [0.29, 0.717) is 0 Å². The summed E-state index contributed by atoms with van der Waals surface area (Å²) in [6, 6.07) is 3.18. The van der Waals surface area contributed by atoms with Gasteiger partial charge in [0.05, 0.1) is 10.0 Å². The molecule has 0 heterocycles. The third-order valence-corrected chi connectivity index (χ3v) is 2.48. The number of aromatic hydroxyl groups is 1. The highest BCUT2D eigenvalue weighted by atomic mass is 35.5. The molecule has 1 aromatic carbocycles. The molecule has 0 aliphatic heterocycles. The normalized spacial score (nSPS) is 12.9. The van der Waals surface area contributed by atoms with Crippen LogP contribution in [0.5, 0.6) is 5.75 Å². The first-order chi connectivity index (χ1) is 6.06. The van der Waals surface area contributed by atoms with Gasteiger partial charge in [0.2, 0.25) is 0 Å². The Morgan fingerprint density at radius 3 is 2.23 bits per heavy atom. The number of hydrogen-bond donors (Lipinski definition) is 2. The summed E-state index contributed by atoms with van der Waals surface area (Å²) in [5.74, 6) is -0.0876. The van der Waals surface area contributed by atoms with Crippen molar-refractivity contribution in [1.29, 1.82) is 0 Å². The van der Waals surface area contributed by atoms with Crippen LogP contribution in [0.2, 0.25) is 10.0 Å². The molecule has 1 aromatic rings. The van der Waals surface area contributed by atoms with Crippen LogP contribution in [0.3, 0.4) is 0 Å². The van der Waals surface area contributed by atoms with Crippen LogP contribution < -0.4 is 5.73 Å². The first-order valence-electron chi connectivity index (χ1n) is 3.99. The monoisotopic (exact) mass is 219 g/mol. The Bertz CT molecular complexity index is 291. The lowest BCUT2D eigenvalue weighted by Gasteiger charge is -2.10. The summed E-state index contributed by atoms with van der Waals surface area (Å²) >= 11 is 11.5. The van der Waals surface area contributed by atoms with Crippen molar-refractivity contribution in [3.63, 3.8) is 0 Å². The molecule has 1 rings (SSSR count). The molecule has 0 aliphatic carbocycles.